The highest BCUT2D eigenvalue weighted by Gasteiger charge is 2.40. The second kappa shape index (κ2) is 26.1. The zero-order valence-corrected chi connectivity index (χ0v) is 47.7. The molecule has 416 valence electrons. The van der Waals surface area contributed by atoms with E-state index < -0.39 is 0 Å². The zero-order valence-electron chi connectivity index (χ0n) is 46.0. The second-order valence-electron chi connectivity index (χ2n) is 20.6. The average Bonchev–Trinajstić information content (AvgIpc) is 4.13. The predicted molar refractivity (Wildman–Crippen MR) is 312 cm³/mol. The van der Waals surface area contributed by atoms with Gasteiger partial charge in [0.15, 0.2) is 23.0 Å². The first-order valence-electron chi connectivity index (χ1n) is 27.0. The minimum Gasteiger partial charge on any atom is -0.493 e. The molecule has 2 N–H and O–H groups in total. The molecule has 5 aromatic rings. The Balaban J connectivity index is 1.00. The number of methoxy groups -OCH3 is 3. The molecule has 5 aromatic carbocycles. The van der Waals surface area contributed by atoms with Crippen molar-refractivity contribution in [2.75, 3.05) is 125 Å². The van der Waals surface area contributed by atoms with Crippen molar-refractivity contribution in [2.45, 2.75) is 76.5 Å². The summed E-state index contributed by atoms with van der Waals surface area (Å²) in [5, 5.41) is 6.54. The van der Waals surface area contributed by atoms with Crippen LogP contribution in [0.3, 0.4) is 0 Å². The number of nitrogens with zero attached hydrogens (tertiary/aromatic N) is 4. The van der Waals surface area contributed by atoms with Crippen molar-refractivity contribution in [3.63, 3.8) is 0 Å². The summed E-state index contributed by atoms with van der Waals surface area (Å²) in [5.74, 6) is 2.52. The van der Waals surface area contributed by atoms with E-state index in [0.29, 0.717) is 118 Å². The molecule has 0 spiro atoms. The molecule has 0 saturated carbocycles. The molecule has 0 bridgehead atoms. The monoisotopic (exact) mass is 1100 g/mol. The lowest BCUT2D eigenvalue weighted by atomic mass is 10.1. The Morgan fingerprint density at radius 3 is 2.00 bits per heavy atom. The molecule has 4 aliphatic heterocycles. The summed E-state index contributed by atoms with van der Waals surface area (Å²) in [6.07, 6.45) is 2.91. The van der Waals surface area contributed by atoms with Gasteiger partial charge in [0.25, 0.3) is 11.8 Å². The molecule has 18 heteroatoms. The molecule has 0 radical (unpaired) electrons. The summed E-state index contributed by atoms with van der Waals surface area (Å²) in [5.41, 5.74) is 9.45. The van der Waals surface area contributed by atoms with Crippen LogP contribution in [-0.2, 0) is 45.1 Å². The van der Waals surface area contributed by atoms with Crippen LogP contribution in [-0.4, -0.2) is 134 Å². The molecule has 4 aliphatic rings. The number of likely N-dealkylation sites (N-methyl/N-ethyl adjacent to an activating group) is 1. The quantitative estimate of drug-likeness (QED) is 0.0379. The van der Waals surface area contributed by atoms with Gasteiger partial charge >= 0.3 is 0 Å². The summed E-state index contributed by atoms with van der Waals surface area (Å²) < 4.78 is 42.1. The van der Waals surface area contributed by atoms with E-state index in [1.54, 1.807) is 55.0 Å². The Hall–Kier alpha value is -6.31. The summed E-state index contributed by atoms with van der Waals surface area (Å²) in [4.78, 5) is 49.5. The van der Waals surface area contributed by atoms with E-state index >= 15 is 0 Å². The van der Waals surface area contributed by atoms with Crippen molar-refractivity contribution in [1.82, 2.24) is 5.32 Å². The molecule has 0 unspecified atom stereocenters. The van der Waals surface area contributed by atoms with Crippen molar-refractivity contribution < 1.29 is 47.5 Å². The number of carbonyl (C=O) groups excluding carboxylic acids is 3. The van der Waals surface area contributed by atoms with Gasteiger partial charge in [0.2, 0.25) is 5.91 Å². The first kappa shape index (κ1) is 56.4. The predicted octanol–water partition coefficient (Wildman–Crippen LogP) is 9.44. The first-order chi connectivity index (χ1) is 37.9. The molecule has 0 saturated heterocycles. The van der Waals surface area contributed by atoms with Gasteiger partial charge in [-0.05, 0) is 97.8 Å². The van der Waals surface area contributed by atoms with Crippen LogP contribution in [0.5, 0.6) is 23.0 Å². The summed E-state index contributed by atoms with van der Waals surface area (Å²) in [7, 11) is 10.3. The maximum Gasteiger partial charge on any atom is 0.260 e. The maximum atomic E-state index is 14.4. The van der Waals surface area contributed by atoms with Gasteiger partial charge < -0.3 is 63.4 Å². The molecule has 9 rings (SSSR count). The molecule has 78 heavy (non-hydrogen) atoms. The fourth-order valence-corrected chi connectivity index (χ4v) is 13.2. The van der Waals surface area contributed by atoms with Crippen LogP contribution in [0, 0.1) is 0 Å². The standard InChI is InChI=1S/C60H74N6O10S2/c1-8-18-61-57(67)17-25-77-78-60(2,3)39-64(19-20-73-23-24-74-22-21-70-5)44-27-40(37-75-55-33-49-47(31-53(55)71-6)58(68)65-45(35-62-49)29-42-13-9-11-15-50(42)65)26-41(28-44)38-76-56-34-52-48(32-54(56)72-7)59(69)66-46(36-63(52)4)30-43-14-10-12-16-51(43)66/h9-16,26-28,31-34,45-46,62H,8,17-25,29-30,35-39H2,1-7H3,(H,61,67)/t45-,46-/m0/s1. The number of ether oxygens (including phenoxy) is 7. The van der Waals surface area contributed by atoms with Gasteiger partial charge in [-0.25, -0.2) is 0 Å². The maximum absolute atomic E-state index is 14.4. The third-order valence-corrected chi connectivity index (χ3v) is 17.7. The highest BCUT2D eigenvalue weighted by atomic mass is 33.1. The number of fused-ring (bicyclic) bond motifs is 8. The lowest BCUT2D eigenvalue weighted by Gasteiger charge is -2.34. The number of para-hydroxylation sites is 2. The van der Waals surface area contributed by atoms with E-state index in [0.717, 1.165) is 58.7 Å². The summed E-state index contributed by atoms with van der Waals surface area (Å²) >= 11 is 0. The van der Waals surface area contributed by atoms with Crippen LogP contribution in [0.1, 0.15) is 76.6 Å². The van der Waals surface area contributed by atoms with Crippen molar-refractivity contribution in [3.05, 3.63) is 124 Å². The van der Waals surface area contributed by atoms with Crippen LogP contribution in [0.25, 0.3) is 0 Å². The van der Waals surface area contributed by atoms with Crippen LogP contribution < -0.4 is 49.2 Å². The van der Waals surface area contributed by atoms with Gasteiger partial charge in [0, 0.05) is 93.0 Å². The Morgan fingerprint density at radius 1 is 0.731 bits per heavy atom. The minimum absolute atomic E-state index is 0.00645. The van der Waals surface area contributed by atoms with E-state index in [1.807, 2.05) is 72.3 Å². The van der Waals surface area contributed by atoms with E-state index in [-0.39, 0.29) is 47.8 Å². The highest BCUT2D eigenvalue weighted by Crippen LogP contribution is 2.44. The van der Waals surface area contributed by atoms with Crippen molar-refractivity contribution >= 4 is 67.7 Å². The second-order valence-corrected chi connectivity index (χ2v) is 23.8. The third kappa shape index (κ3) is 13.2. The lowest BCUT2D eigenvalue weighted by molar-refractivity contribution is -0.120. The molecule has 0 aliphatic carbocycles. The molecule has 0 fully saturated rings. The average molecular weight is 1100 g/mol. The van der Waals surface area contributed by atoms with Crippen molar-refractivity contribution in [3.8, 4) is 23.0 Å². The summed E-state index contributed by atoms with van der Waals surface area (Å²) in [6, 6.07) is 29.9. The zero-order chi connectivity index (χ0) is 54.8. The van der Waals surface area contributed by atoms with Crippen LogP contribution in [0.4, 0.5) is 28.4 Å². The van der Waals surface area contributed by atoms with Crippen LogP contribution in [0.2, 0.25) is 0 Å². The number of nitrogens with one attached hydrogen (secondary N) is 2. The van der Waals surface area contributed by atoms with E-state index in [1.165, 1.54) is 5.56 Å². The van der Waals surface area contributed by atoms with Gasteiger partial charge in [-0.15, -0.1) is 0 Å². The van der Waals surface area contributed by atoms with Gasteiger partial charge in [-0.3, -0.25) is 14.4 Å². The first-order valence-corrected chi connectivity index (χ1v) is 29.3. The number of benzene rings is 5. The molecule has 0 aromatic heterocycles. The normalized spacial score (nSPS) is 16.2. The number of rotatable bonds is 27. The molecular formula is C60H74N6O10S2. The van der Waals surface area contributed by atoms with Crippen LogP contribution in [0.15, 0.2) is 91.0 Å². The third-order valence-electron chi connectivity index (χ3n) is 14.4. The Kier molecular flexibility index (Phi) is 18.9. The smallest absolute Gasteiger partial charge is 0.260 e. The van der Waals surface area contributed by atoms with E-state index in [4.69, 9.17) is 33.2 Å². The Bertz CT molecular complexity index is 2920. The molecule has 16 nitrogen and oxygen atoms in total. The highest BCUT2D eigenvalue weighted by molar-refractivity contribution is 8.77. The number of hydrogen-bond acceptors (Lipinski definition) is 15. The van der Waals surface area contributed by atoms with Crippen molar-refractivity contribution in [1.29, 1.82) is 0 Å². The SMILES string of the molecule is CCCNC(=O)CCSSC(C)(C)CN(CCOCCOCCOC)c1cc(COc2cc3c(cc2OC)C(=O)N2c4ccccc4C[C@H]2CN3)cc(COc2cc3c(cc2OC)C(=O)N2c4ccccc4C[C@H]2CN3C)c1. The largest absolute Gasteiger partial charge is 0.493 e. The molecule has 2 atom stereocenters. The van der Waals surface area contributed by atoms with Crippen LogP contribution >= 0.6 is 21.6 Å². The van der Waals surface area contributed by atoms with Crippen molar-refractivity contribution in [2.24, 2.45) is 0 Å². The fourth-order valence-electron chi connectivity index (χ4n) is 10.7. The Labute approximate surface area is 467 Å². The number of amides is 3. The lowest BCUT2D eigenvalue weighted by Crippen LogP contribution is -2.41. The number of carbonyl (C=O) groups is 3. The summed E-state index contributed by atoms with van der Waals surface area (Å²) in [6.45, 7) is 12.3. The number of anilines is 5. The molecule has 3 amide bonds. The van der Waals surface area contributed by atoms with E-state index in [9.17, 15) is 14.4 Å². The molecule has 4 heterocycles. The van der Waals surface area contributed by atoms with Gasteiger partial charge in [-0.1, -0.05) is 64.9 Å². The Morgan fingerprint density at radius 2 is 1.33 bits per heavy atom. The number of hydrogen-bond donors (Lipinski definition) is 2. The fraction of sp³-hybridized carbons (Fsp3) is 0.450. The van der Waals surface area contributed by atoms with E-state index in [2.05, 4.69) is 64.6 Å². The van der Waals surface area contributed by atoms with Gasteiger partial charge in [0.05, 0.1) is 81.8 Å². The minimum atomic E-state index is -0.260. The van der Waals surface area contributed by atoms with Gasteiger partial charge in [-0.2, -0.15) is 0 Å². The molecular weight excluding hydrogens is 1030 g/mol. The topological polar surface area (TPSA) is 153 Å². The van der Waals surface area contributed by atoms with Gasteiger partial charge in [0.1, 0.15) is 13.2 Å².